The Balaban J connectivity index is 2.16. The molecule has 1 heterocycles. The zero-order chi connectivity index (χ0) is 13.5. The Morgan fingerprint density at radius 2 is 2.06 bits per heavy atom. The van der Waals surface area contributed by atoms with Crippen LogP contribution in [-0.2, 0) is 9.59 Å². The standard InChI is InChI=1S/C14H22N2O2/c1-4-11(17)10-7-14(5-6-14)8-16(10)13(18)12(15)9(2)3/h4,9-10,12H,1,5-8,15H2,2-3H3/t10-,12+/m0/s1. The summed E-state index contributed by atoms with van der Waals surface area (Å²) in [6, 6.07) is -0.846. The minimum Gasteiger partial charge on any atom is -0.330 e. The van der Waals surface area contributed by atoms with Gasteiger partial charge < -0.3 is 10.6 Å². The first kappa shape index (κ1) is 13.3. The summed E-state index contributed by atoms with van der Waals surface area (Å²) in [6.45, 7) is 8.07. The Labute approximate surface area is 108 Å². The molecule has 2 N–H and O–H groups in total. The van der Waals surface area contributed by atoms with Crippen LogP contribution in [0.3, 0.4) is 0 Å². The Morgan fingerprint density at radius 3 is 2.50 bits per heavy atom. The van der Waals surface area contributed by atoms with Crippen LogP contribution in [0.5, 0.6) is 0 Å². The minimum atomic E-state index is -0.515. The molecule has 1 saturated heterocycles. The van der Waals surface area contributed by atoms with E-state index in [2.05, 4.69) is 6.58 Å². The van der Waals surface area contributed by atoms with Crippen molar-refractivity contribution in [2.45, 2.75) is 45.2 Å². The van der Waals surface area contributed by atoms with Gasteiger partial charge in [-0.05, 0) is 36.7 Å². The first-order valence-electron chi connectivity index (χ1n) is 6.62. The third-order valence-electron chi connectivity index (χ3n) is 4.28. The highest BCUT2D eigenvalue weighted by molar-refractivity contribution is 5.97. The summed E-state index contributed by atoms with van der Waals surface area (Å²) in [7, 11) is 0. The number of carbonyl (C=O) groups is 2. The summed E-state index contributed by atoms with van der Waals surface area (Å²) in [5.41, 5.74) is 6.13. The van der Waals surface area contributed by atoms with Gasteiger partial charge >= 0.3 is 0 Å². The van der Waals surface area contributed by atoms with Gasteiger partial charge in [-0.15, -0.1) is 0 Å². The van der Waals surface area contributed by atoms with E-state index in [1.54, 1.807) is 4.90 Å². The zero-order valence-corrected chi connectivity index (χ0v) is 11.2. The van der Waals surface area contributed by atoms with Crippen molar-refractivity contribution in [2.75, 3.05) is 6.54 Å². The van der Waals surface area contributed by atoms with Crippen LogP contribution >= 0.6 is 0 Å². The average molecular weight is 250 g/mol. The number of nitrogens with two attached hydrogens (primary N) is 1. The molecule has 0 aromatic rings. The van der Waals surface area contributed by atoms with Crippen LogP contribution < -0.4 is 5.73 Å². The summed E-state index contributed by atoms with van der Waals surface area (Å²) < 4.78 is 0. The van der Waals surface area contributed by atoms with E-state index in [1.165, 1.54) is 6.08 Å². The topological polar surface area (TPSA) is 63.4 Å². The Hall–Kier alpha value is -1.16. The summed E-state index contributed by atoms with van der Waals surface area (Å²) in [4.78, 5) is 25.9. The van der Waals surface area contributed by atoms with Crippen LogP contribution in [0.1, 0.15) is 33.1 Å². The van der Waals surface area contributed by atoms with E-state index < -0.39 is 6.04 Å². The lowest BCUT2D eigenvalue weighted by atomic mass is 10.0. The van der Waals surface area contributed by atoms with Crippen LogP contribution in [0.25, 0.3) is 0 Å². The molecule has 100 valence electrons. The molecule has 1 spiro atoms. The minimum absolute atomic E-state index is 0.0527. The van der Waals surface area contributed by atoms with Crippen LogP contribution in [-0.4, -0.2) is 35.2 Å². The number of ketones is 1. The molecule has 1 amide bonds. The molecular weight excluding hydrogens is 228 g/mol. The van der Waals surface area contributed by atoms with Gasteiger partial charge in [0.25, 0.3) is 0 Å². The third-order valence-corrected chi connectivity index (χ3v) is 4.28. The Kier molecular flexibility index (Phi) is 3.32. The molecule has 2 atom stereocenters. The van der Waals surface area contributed by atoms with Crippen LogP contribution in [0.2, 0.25) is 0 Å². The average Bonchev–Trinajstić information content (AvgIpc) is 2.98. The summed E-state index contributed by atoms with van der Waals surface area (Å²) in [5, 5.41) is 0. The number of hydrogen-bond donors (Lipinski definition) is 1. The fraction of sp³-hybridized carbons (Fsp3) is 0.714. The highest BCUT2D eigenvalue weighted by Gasteiger charge is 2.55. The molecule has 0 aromatic carbocycles. The largest absolute Gasteiger partial charge is 0.330 e. The second kappa shape index (κ2) is 4.50. The molecule has 4 heteroatoms. The maximum Gasteiger partial charge on any atom is 0.240 e. The van der Waals surface area contributed by atoms with Crippen molar-refractivity contribution in [3.05, 3.63) is 12.7 Å². The fourth-order valence-corrected chi connectivity index (χ4v) is 2.69. The van der Waals surface area contributed by atoms with Crippen molar-refractivity contribution in [3.63, 3.8) is 0 Å². The van der Waals surface area contributed by atoms with Gasteiger partial charge in [0.1, 0.15) is 0 Å². The second-order valence-electron chi connectivity index (χ2n) is 6.06. The maximum absolute atomic E-state index is 12.3. The lowest BCUT2D eigenvalue weighted by Crippen LogP contribution is -2.50. The summed E-state index contributed by atoms with van der Waals surface area (Å²) >= 11 is 0. The number of amides is 1. The zero-order valence-electron chi connectivity index (χ0n) is 11.2. The monoisotopic (exact) mass is 250 g/mol. The number of rotatable bonds is 4. The predicted octanol–water partition coefficient (Wildman–Crippen LogP) is 1.11. The highest BCUT2D eigenvalue weighted by Crippen LogP contribution is 2.55. The third kappa shape index (κ3) is 2.21. The van der Waals surface area contributed by atoms with E-state index in [0.717, 1.165) is 19.3 Å². The Bertz CT molecular complexity index is 385. The van der Waals surface area contributed by atoms with Gasteiger partial charge in [-0.2, -0.15) is 0 Å². The quantitative estimate of drug-likeness (QED) is 0.760. The van der Waals surface area contributed by atoms with Crippen molar-refractivity contribution in [1.82, 2.24) is 4.90 Å². The second-order valence-corrected chi connectivity index (χ2v) is 6.06. The lowest BCUT2D eigenvalue weighted by Gasteiger charge is -2.27. The smallest absolute Gasteiger partial charge is 0.240 e. The summed E-state index contributed by atoms with van der Waals surface area (Å²) in [6.07, 6.45) is 4.35. The molecule has 1 aliphatic carbocycles. The normalized spacial score (nSPS) is 26.4. The number of carbonyl (C=O) groups excluding carboxylic acids is 2. The van der Waals surface area contributed by atoms with Crippen LogP contribution in [0.15, 0.2) is 12.7 Å². The van der Waals surface area contributed by atoms with Crippen LogP contribution in [0.4, 0.5) is 0 Å². The van der Waals surface area contributed by atoms with Gasteiger partial charge in [0.15, 0.2) is 5.78 Å². The molecule has 2 rings (SSSR count). The van der Waals surface area contributed by atoms with Crippen LogP contribution in [0, 0.1) is 11.3 Å². The first-order valence-corrected chi connectivity index (χ1v) is 6.62. The van der Waals surface area contributed by atoms with Crippen molar-refractivity contribution in [2.24, 2.45) is 17.1 Å². The van der Waals surface area contributed by atoms with Gasteiger partial charge in [0.05, 0.1) is 12.1 Å². The molecule has 0 unspecified atom stereocenters. The van der Waals surface area contributed by atoms with E-state index in [4.69, 9.17) is 5.73 Å². The van der Waals surface area contributed by atoms with Gasteiger partial charge in [-0.25, -0.2) is 0 Å². The molecule has 1 saturated carbocycles. The van der Waals surface area contributed by atoms with E-state index in [0.29, 0.717) is 6.54 Å². The number of nitrogens with zero attached hydrogens (tertiary/aromatic N) is 1. The highest BCUT2D eigenvalue weighted by atomic mass is 16.2. The van der Waals surface area contributed by atoms with Gasteiger partial charge in [-0.1, -0.05) is 20.4 Å². The van der Waals surface area contributed by atoms with Crippen molar-refractivity contribution in [1.29, 1.82) is 0 Å². The van der Waals surface area contributed by atoms with Crippen molar-refractivity contribution >= 4 is 11.7 Å². The van der Waals surface area contributed by atoms with Crippen molar-refractivity contribution < 1.29 is 9.59 Å². The number of hydrogen-bond acceptors (Lipinski definition) is 3. The van der Waals surface area contributed by atoms with E-state index in [9.17, 15) is 9.59 Å². The molecule has 4 nitrogen and oxygen atoms in total. The molecule has 0 aromatic heterocycles. The SMILES string of the molecule is C=CC(=O)[C@@H]1CC2(CC2)CN1C(=O)[C@H](N)C(C)C. The molecule has 2 aliphatic rings. The van der Waals surface area contributed by atoms with Crippen molar-refractivity contribution in [3.8, 4) is 0 Å². The maximum atomic E-state index is 12.3. The fourth-order valence-electron chi connectivity index (χ4n) is 2.69. The number of likely N-dealkylation sites (tertiary alicyclic amines) is 1. The van der Waals surface area contributed by atoms with E-state index in [-0.39, 0.29) is 29.1 Å². The van der Waals surface area contributed by atoms with Gasteiger partial charge in [0, 0.05) is 6.54 Å². The molecular formula is C14H22N2O2. The van der Waals surface area contributed by atoms with E-state index in [1.807, 2.05) is 13.8 Å². The first-order chi connectivity index (χ1) is 8.40. The Morgan fingerprint density at radius 1 is 1.44 bits per heavy atom. The molecule has 1 aliphatic heterocycles. The molecule has 2 fully saturated rings. The van der Waals surface area contributed by atoms with E-state index >= 15 is 0 Å². The molecule has 18 heavy (non-hydrogen) atoms. The summed E-state index contributed by atoms with van der Waals surface area (Å²) in [5.74, 6) is -0.0511. The molecule has 0 radical (unpaired) electrons. The lowest BCUT2D eigenvalue weighted by molar-refractivity contribution is -0.138. The van der Waals surface area contributed by atoms with Gasteiger partial charge in [-0.3, -0.25) is 9.59 Å². The predicted molar refractivity (Wildman–Crippen MR) is 69.8 cm³/mol. The molecule has 0 bridgehead atoms. The van der Waals surface area contributed by atoms with Gasteiger partial charge in [0.2, 0.25) is 5.91 Å².